The van der Waals surface area contributed by atoms with Crippen LogP contribution in [0.3, 0.4) is 0 Å². The number of nitrogens with one attached hydrogen (secondary N) is 3. The number of nitrogens with two attached hydrogens (primary N) is 1. The summed E-state index contributed by atoms with van der Waals surface area (Å²) in [5.74, 6) is -0.667. The first-order valence-electron chi connectivity index (χ1n) is 10.6. The fourth-order valence-corrected chi connectivity index (χ4v) is 3.57. The summed E-state index contributed by atoms with van der Waals surface area (Å²) in [6.45, 7) is 3.20. The molecule has 0 aliphatic rings. The minimum Gasteiger partial charge on any atom is -0.332 e. The molecule has 5 N–H and O–H groups in total. The second kappa shape index (κ2) is 10.6. The molecule has 1 heterocycles. The number of amides is 2. The molecule has 0 unspecified atom stereocenters. The van der Waals surface area contributed by atoms with Gasteiger partial charge in [-0.2, -0.15) is 31.4 Å². The number of carbonyl (C=O) groups excluding carboxylic acids is 1. The molecule has 0 saturated carbocycles. The molecule has 3 rings (SSSR count). The van der Waals surface area contributed by atoms with Gasteiger partial charge in [-0.1, -0.05) is 32.0 Å². The maximum absolute atomic E-state index is 14.2. The molecule has 2 aromatic carbocycles. The Kier molecular flexibility index (Phi) is 8.01. The van der Waals surface area contributed by atoms with Crippen LogP contribution in [0.2, 0.25) is 0 Å². The Balaban J connectivity index is 1.74. The summed E-state index contributed by atoms with van der Waals surface area (Å²) in [5.41, 5.74) is 0.299. The highest BCUT2D eigenvalue weighted by atomic mass is 32.2. The molecule has 36 heavy (non-hydrogen) atoms. The van der Waals surface area contributed by atoms with E-state index < -0.39 is 33.9 Å². The number of halogens is 4. The van der Waals surface area contributed by atoms with E-state index in [1.165, 1.54) is 12.1 Å². The van der Waals surface area contributed by atoms with Gasteiger partial charge in [0, 0.05) is 17.8 Å². The Morgan fingerprint density at radius 3 is 2.44 bits per heavy atom. The van der Waals surface area contributed by atoms with Gasteiger partial charge >= 0.3 is 12.2 Å². The lowest BCUT2D eigenvalue weighted by atomic mass is 10.0. The average Bonchev–Trinajstić information content (AvgIpc) is 3.21. The van der Waals surface area contributed by atoms with Crippen LogP contribution in [0.25, 0.3) is 5.69 Å². The van der Waals surface area contributed by atoms with Crippen LogP contribution in [0.5, 0.6) is 0 Å². The lowest BCUT2D eigenvalue weighted by molar-refractivity contribution is -0.141. The van der Waals surface area contributed by atoms with Crippen LogP contribution in [0.15, 0.2) is 48.5 Å². The number of hydrogen-bond acceptors (Lipinski definition) is 4. The molecule has 0 aliphatic carbocycles. The molecule has 3 aromatic rings. The van der Waals surface area contributed by atoms with Crippen LogP contribution < -0.4 is 20.5 Å². The molecule has 0 aliphatic heterocycles. The number of nitrogens with zero attached hydrogens (tertiary/aromatic N) is 2. The van der Waals surface area contributed by atoms with Crippen LogP contribution >= 0.6 is 0 Å². The third kappa shape index (κ3) is 7.26. The van der Waals surface area contributed by atoms with Gasteiger partial charge in [0.15, 0.2) is 5.69 Å². The molecule has 14 heteroatoms. The predicted octanol–water partition coefficient (Wildman–Crippen LogP) is 3.77. The van der Waals surface area contributed by atoms with E-state index >= 15 is 0 Å². The smallest absolute Gasteiger partial charge is 0.332 e. The molecule has 0 spiro atoms. The van der Waals surface area contributed by atoms with E-state index in [0.29, 0.717) is 5.69 Å². The van der Waals surface area contributed by atoms with E-state index in [-0.39, 0.29) is 36.0 Å². The molecular formula is C22H24F4N6O3S. The molecule has 1 aromatic heterocycles. The Labute approximate surface area is 204 Å². The monoisotopic (exact) mass is 528 g/mol. The van der Waals surface area contributed by atoms with Crippen molar-refractivity contribution in [3.63, 3.8) is 0 Å². The molecule has 0 fully saturated rings. The van der Waals surface area contributed by atoms with E-state index in [0.717, 1.165) is 22.4 Å². The van der Waals surface area contributed by atoms with Crippen molar-refractivity contribution in [2.45, 2.75) is 39.0 Å². The Morgan fingerprint density at radius 1 is 1.11 bits per heavy atom. The minimum absolute atomic E-state index is 0.0119. The van der Waals surface area contributed by atoms with E-state index in [1.54, 1.807) is 18.2 Å². The van der Waals surface area contributed by atoms with Crippen molar-refractivity contribution in [3.05, 3.63) is 76.9 Å². The van der Waals surface area contributed by atoms with E-state index in [1.807, 2.05) is 24.6 Å². The van der Waals surface area contributed by atoms with Crippen LogP contribution in [-0.4, -0.2) is 24.2 Å². The Hall–Kier alpha value is -3.49. The Bertz CT molecular complexity index is 1360. The topological polar surface area (TPSA) is 131 Å². The number of rotatable bonds is 8. The standard InChI is InChI=1S/C22H24F4N6O3S/c1-13(2)14-4-3-5-17(8-14)32-18(10-20(31-32)22(24,25)26)12-28-21(33)30-16-7-6-15(19(23)9-16)11-29-36(27,34)35/h3-10,13,29H,11-12H2,1-2H3,(H2,27,34,35)(H2,28,30,33). The first kappa shape index (κ1) is 27.1. The molecule has 9 nitrogen and oxygen atoms in total. The highest BCUT2D eigenvalue weighted by molar-refractivity contribution is 7.87. The SMILES string of the molecule is CC(C)c1cccc(-n2nc(C(F)(F)F)cc2CNC(=O)Nc2ccc(CNS(N)(=O)=O)c(F)c2)c1. The third-order valence-electron chi connectivity index (χ3n) is 5.06. The van der Waals surface area contributed by atoms with E-state index in [9.17, 15) is 30.8 Å². The number of anilines is 1. The maximum atomic E-state index is 14.2. The van der Waals surface area contributed by atoms with Gasteiger partial charge in [-0.3, -0.25) is 0 Å². The molecule has 2 amide bonds. The number of alkyl halides is 3. The zero-order chi connectivity index (χ0) is 26.7. The van der Waals surface area contributed by atoms with Gasteiger partial charge < -0.3 is 10.6 Å². The van der Waals surface area contributed by atoms with Crippen molar-refractivity contribution in [1.82, 2.24) is 19.8 Å². The minimum atomic E-state index is -4.69. The largest absolute Gasteiger partial charge is 0.435 e. The van der Waals surface area contributed by atoms with E-state index in [4.69, 9.17) is 5.14 Å². The van der Waals surface area contributed by atoms with Crippen molar-refractivity contribution >= 4 is 21.9 Å². The van der Waals surface area contributed by atoms with Gasteiger partial charge in [0.1, 0.15) is 5.82 Å². The number of aromatic nitrogens is 2. The quantitative estimate of drug-likeness (QED) is 0.332. The summed E-state index contributed by atoms with van der Waals surface area (Å²) in [7, 11) is -4.01. The van der Waals surface area contributed by atoms with Crippen molar-refractivity contribution in [3.8, 4) is 5.69 Å². The zero-order valence-electron chi connectivity index (χ0n) is 19.2. The van der Waals surface area contributed by atoms with Gasteiger partial charge in [0.25, 0.3) is 10.2 Å². The lowest BCUT2D eigenvalue weighted by Crippen LogP contribution is -2.30. The predicted molar refractivity (Wildman–Crippen MR) is 125 cm³/mol. The van der Waals surface area contributed by atoms with Crippen LogP contribution in [-0.2, 0) is 29.5 Å². The molecule has 0 atom stereocenters. The van der Waals surface area contributed by atoms with Crippen LogP contribution in [0.4, 0.5) is 28.0 Å². The summed E-state index contributed by atoms with van der Waals surface area (Å²) in [5, 5.41) is 13.3. The van der Waals surface area contributed by atoms with Gasteiger partial charge in [0.05, 0.1) is 17.9 Å². The summed E-state index contributed by atoms with van der Waals surface area (Å²) in [6, 6.07) is 10.5. The van der Waals surface area contributed by atoms with Crippen molar-refractivity contribution < 1.29 is 30.8 Å². The molecule has 194 valence electrons. The number of urea groups is 1. The molecule has 0 bridgehead atoms. The summed E-state index contributed by atoms with van der Waals surface area (Å²) < 4.78 is 79.1. The molecule has 0 saturated heterocycles. The first-order chi connectivity index (χ1) is 16.7. The maximum Gasteiger partial charge on any atom is 0.435 e. The number of benzene rings is 2. The van der Waals surface area contributed by atoms with Crippen LogP contribution in [0, 0.1) is 5.82 Å². The lowest BCUT2D eigenvalue weighted by Gasteiger charge is -2.12. The first-order valence-corrected chi connectivity index (χ1v) is 12.1. The van der Waals surface area contributed by atoms with Crippen molar-refractivity contribution in [2.24, 2.45) is 5.14 Å². The average molecular weight is 529 g/mol. The Morgan fingerprint density at radius 2 is 1.83 bits per heavy atom. The normalized spacial score (nSPS) is 12.1. The van der Waals surface area contributed by atoms with Gasteiger partial charge in [-0.05, 0) is 41.8 Å². The van der Waals surface area contributed by atoms with Gasteiger partial charge in [0.2, 0.25) is 0 Å². The summed E-state index contributed by atoms with van der Waals surface area (Å²) in [6.07, 6.45) is -4.69. The zero-order valence-corrected chi connectivity index (χ0v) is 20.0. The highest BCUT2D eigenvalue weighted by Gasteiger charge is 2.35. The number of hydrogen-bond donors (Lipinski definition) is 4. The van der Waals surface area contributed by atoms with Crippen molar-refractivity contribution in [2.75, 3.05) is 5.32 Å². The van der Waals surface area contributed by atoms with Gasteiger partial charge in [-0.25, -0.2) is 19.0 Å². The van der Waals surface area contributed by atoms with Crippen molar-refractivity contribution in [1.29, 1.82) is 0 Å². The highest BCUT2D eigenvalue weighted by Crippen LogP contribution is 2.30. The van der Waals surface area contributed by atoms with E-state index in [2.05, 4.69) is 15.7 Å². The molecular weight excluding hydrogens is 504 g/mol. The second-order valence-corrected chi connectivity index (χ2v) is 9.54. The molecule has 0 radical (unpaired) electrons. The fraction of sp³-hybridized carbons (Fsp3) is 0.273. The van der Waals surface area contributed by atoms with Crippen LogP contribution in [0.1, 0.15) is 42.3 Å². The second-order valence-electron chi connectivity index (χ2n) is 8.16. The van der Waals surface area contributed by atoms with Gasteiger partial charge in [-0.15, -0.1) is 0 Å². The fourth-order valence-electron chi connectivity index (χ4n) is 3.22. The summed E-state index contributed by atoms with van der Waals surface area (Å²) in [4.78, 5) is 12.3. The third-order valence-corrected chi connectivity index (χ3v) is 5.61. The number of carbonyl (C=O) groups is 1. The summed E-state index contributed by atoms with van der Waals surface area (Å²) >= 11 is 0.